The Morgan fingerprint density at radius 3 is 2.39 bits per heavy atom. The van der Waals surface area contributed by atoms with Gasteiger partial charge in [-0.05, 0) is 62.2 Å². The van der Waals surface area contributed by atoms with Crippen molar-refractivity contribution in [3.05, 3.63) is 11.6 Å². The van der Waals surface area contributed by atoms with Gasteiger partial charge >= 0.3 is 0 Å². The minimum absolute atomic E-state index is 0.421. The third-order valence-electron chi connectivity index (χ3n) is 6.25. The van der Waals surface area contributed by atoms with Crippen molar-refractivity contribution in [2.45, 2.75) is 111 Å². The quantitative estimate of drug-likeness (QED) is 0.552. The van der Waals surface area contributed by atoms with E-state index in [2.05, 4.69) is 46.0 Å². The summed E-state index contributed by atoms with van der Waals surface area (Å²) in [5, 5.41) is 3.98. The van der Waals surface area contributed by atoms with Gasteiger partial charge in [-0.3, -0.25) is 0 Å². The molecule has 0 heterocycles. The first-order valence-electron chi connectivity index (χ1n) is 10.4. The highest BCUT2D eigenvalue weighted by Gasteiger charge is 2.31. The van der Waals surface area contributed by atoms with Gasteiger partial charge in [-0.15, -0.1) is 0 Å². The van der Waals surface area contributed by atoms with Crippen LogP contribution in [0.5, 0.6) is 0 Å². The molecule has 3 unspecified atom stereocenters. The van der Waals surface area contributed by atoms with E-state index in [9.17, 15) is 0 Å². The van der Waals surface area contributed by atoms with E-state index >= 15 is 0 Å². The van der Waals surface area contributed by atoms with Gasteiger partial charge in [-0.25, -0.2) is 0 Å². The van der Waals surface area contributed by atoms with Crippen LogP contribution in [0.1, 0.15) is 98.8 Å². The molecule has 0 aliphatic heterocycles. The van der Waals surface area contributed by atoms with E-state index in [0.29, 0.717) is 5.41 Å². The maximum Gasteiger partial charge on any atom is 0.00700 e. The minimum Gasteiger partial charge on any atom is -0.311 e. The first kappa shape index (κ1) is 19.0. The molecule has 1 heteroatoms. The molecule has 0 spiro atoms. The molecule has 0 radical (unpaired) electrons. The van der Waals surface area contributed by atoms with Crippen molar-refractivity contribution in [2.75, 3.05) is 0 Å². The molecule has 2 aliphatic rings. The topological polar surface area (TPSA) is 12.0 Å². The fourth-order valence-electron chi connectivity index (χ4n) is 4.78. The molecule has 134 valence electrons. The van der Waals surface area contributed by atoms with Crippen LogP contribution in [0.2, 0.25) is 0 Å². The lowest BCUT2D eigenvalue weighted by molar-refractivity contribution is 0.232. The minimum atomic E-state index is 0.421. The summed E-state index contributed by atoms with van der Waals surface area (Å²) in [7, 11) is 0. The summed E-state index contributed by atoms with van der Waals surface area (Å²) < 4.78 is 0. The predicted octanol–water partition coefficient (Wildman–Crippen LogP) is 6.49. The average Bonchev–Trinajstić information content (AvgIpc) is 2.51. The molecule has 23 heavy (non-hydrogen) atoms. The molecule has 2 rings (SSSR count). The largest absolute Gasteiger partial charge is 0.311 e. The fraction of sp³-hybridized carbons (Fsp3) is 0.909. The zero-order valence-electron chi connectivity index (χ0n) is 16.5. The highest BCUT2D eigenvalue weighted by atomic mass is 14.9. The standard InChI is InChI=1S/C22H41N/c1-6-19(23-20-10-8-7-9-11-20)14-13-18-16-17(2)12-15-21(18)22(3,4)5/h16-17,19-21,23H,6-15H2,1-5H3. The molecule has 3 atom stereocenters. The third kappa shape index (κ3) is 5.93. The van der Waals surface area contributed by atoms with Gasteiger partial charge in [0.05, 0.1) is 0 Å². The molecule has 0 aromatic heterocycles. The molecule has 0 saturated heterocycles. The van der Waals surface area contributed by atoms with E-state index in [1.54, 1.807) is 5.57 Å². The van der Waals surface area contributed by atoms with Crippen LogP contribution in [0.15, 0.2) is 11.6 Å². The molecule has 0 aromatic rings. The number of allylic oxidation sites excluding steroid dienone is 2. The van der Waals surface area contributed by atoms with Gasteiger partial charge < -0.3 is 5.32 Å². The monoisotopic (exact) mass is 319 g/mol. The summed E-state index contributed by atoms with van der Waals surface area (Å²) in [6, 6.07) is 1.52. The van der Waals surface area contributed by atoms with Crippen molar-refractivity contribution in [2.24, 2.45) is 17.3 Å². The molecule has 0 aromatic carbocycles. The van der Waals surface area contributed by atoms with Crippen LogP contribution in [-0.4, -0.2) is 12.1 Å². The highest BCUT2D eigenvalue weighted by molar-refractivity contribution is 5.15. The Hall–Kier alpha value is -0.300. The van der Waals surface area contributed by atoms with Crippen LogP contribution in [0, 0.1) is 17.3 Å². The summed E-state index contributed by atoms with van der Waals surface area (Å²) >= 11 is 0. The number of rotatable bonds is 6. The van der Waals surface area contributed by atoms with Crippen molar-refractivity contribution < 1.29 is 0 Å². The van der Waals surface area contributed by atoms with E-state index in [1.807, 2.05) is 0 Å². The molecular weight excluding hydrogens is 278 g/mol. The van der Waals surface area contributed by atoms with Crippen LogP contribution in [0.25, 0.3) is 0 Å². The summed E-state index contributed by atoms with van der Waals surface area (Å²) in [6.07, 6.45) is 16.4. The van der Waals surface area contributed by atoms with Gasteiger partial charge in [0.25, 0.3) is 0 Å². The smallest absolute Gasteiger partial charge is 0.00700 e. The molecule has 0 amide bonds. The number of hydrogen-bond donors (Lipinski definition) is 1. The van der Waals surface area contributed by atoms with E-state index in [1.165, 1.54) is 64.2 Å². The average molecular weight is 320 g/mol. The molecular formula is C22H41N. The highest BCUT2D eigenvalue weighted by Crippen LogP contribution is 2.42. The van der Waals surface area contributed by atoms with E-state index in [0.717, 1.165) is 23.9 Å². The van der Waals surface area contributed by atoms with Crippen LogP contribution in [-0.2, 0) is 0 Å². The second-order valence-electron chi connectivity index (χ2n) is 9.36. The van der Waals surface area contributed by atoms with Gasteiger partial charge in [0.1, 0.15) is 0 Å². The zero-order valence-corrected chi connectivity index (χ0v) is 16.5. The maximum absolute atomic E-state index is 3.98. The normalized spacial score (nSPS) is 28.5. The first-order chi connectivity index (χ1) is 10.9. The van der Waals surface area contributed by atoms with Crippen LogP contribution in [0.4, 0.5) is 0 Å². The molecule has 1 nitrogen and oxygen atoms in total. The summed E-state index contributed by atoms with van der Waals surface area (Å²) in [6.45, 7) is 12.0. The van der Waals surface area contributed by atoms with Gasteiger partial charge in [0.15, 0.2) is 0 Å². The van der Waals surface area contributed by atoms with Crippen molar-refractivity contribution in [1.82, 2.24) is 5.32 Å². The zero-order chi connectivity index (χ0) is 16.9. The van der Waals surface area contributed by atoms with Crippen LogP contribution in [0.3, 0.4) is 0 Å². The molecule has 1 N–H and O–H groups in total. The van der Waals surface area contributed by atoms with Crippen LogP contribution >= 0.6 is 0 Å². The molecule has 0 bridgehead atoms. The second-order valence-corrected chi connectivity index (χ2v) is 9.36. The number of hydrogen-bond acceptors (Lipinski definition) is 1. The molecule has 1 saturated carbocycles. The van der Waals surface area contributed by atoms with E-state index < -0.39 is 0 Å². The lowest BCUT2D eigenvalue weighted by Crippen LogP contribution is -2.39. The SMILES string of the molecule is CCC(CCC1=CC(C)CCC1C(C)(C)C)NC1CCCCC1. The summed E-state index contributed by atoms with van der Waals surface area (Å²) in [5.74, 6) is 1.58. The van der Waals surface area contributed by atoms with Gasteiger partial charge in [0.2, 0.25) is 0 Å². The summed E-state index contributed by atoms with van der Waals surface area (Å²) in [4.78, 5) is 0. The predicted molar refractivity (Wildman–Crippen MR) is 103 cm³/mol. The second kappa shape index (κ2) is 8.70. The molecule has 2 aliphatic carbocycles. The first-order valence-corrected chi connectivity index (χ1v) is 10.4. The lowest BCUT2D eigenvalue weighted by atomic mass is 9.68. The van der Waals surface area contributed by atoms with E-state index in [-0.39, 0.29) is 0 Å². The van der Waals surface area contributed by atoms with Gasteiger partial charge in [-0.1, -0.05) is 65.5 Å². The lowest BCUT2D eigenvalue weighted by Gasteiger charge is -2.38. The Morgan fingerprint density at radius 2 is 1.78 bits per heavy atom. The van der Waals surface area contributed by atoms with Gasteiger partial charge in [-0.2, -0.15) is 0 Å². The third-order valence-corrected chi connectivity index (χ3v) is 6.25. The van der Waals surface area contributed by atoms with Crippen LogP contribution < -0.4 is 5.32 Å². The van der Waals surface area contributed by atoms with Crippen molar-refractivity contribution >= 4 is 0 Å². The fourth-order valence-corrected chi connectivity index (χ4v) is 4.78. The van der Waals surface area contributed by atoms with Crippen molar-refractivity contribution in [3.63, 3.8) is 0 Å². The Bertz CT molecular complexity index is 370. The maximum atomic E-state index is 3.98. The van der Waals surface area contributed by atoms with Gasteiger partial charge in [0, 0.05) is 12.1 Å². The number of nitrogens with one attached hydrogen (secondary N) is 1. The Labute approximate surface area is 145 Å². The molecule has 1 fully saturated rings. The Kier molecular flexibility index (Phi) is 7.19. The van der Waals surface area contributed by atoms with Crippen molar-refractivity contribution in [1.29, 1.82) is 0 Å². The van der Waals surface area contributed by atoms with Crippen molar-refractivity contribution in [3.8, 4) is 0 Å². The Morgan fingerprint density at radius 1 is 1.09 bits per heavy atom. The Balaban J connectivity index is 1.90. The van der Waals surface area contributed by atoms with E-state index in [4.69, 9.17) is 0 Å². The summed E-state index contributed by atoms with van der Waals surface area (Å²) in [5.41, 5.74) is 2.19.